The van der Waals surface area contributed by atoms with Crippen molar-refractivity contribution in [1.29, 1.82) is 0 Å². The Morgan fingerprint density at radius 3 is 2.46 bits per heavy atom. The minimum Gasteiger partial charge on any atom is -0.506 e. The van der Waals surface area contributed by atoms with Crippen molar-refractivity contribution < 1.29 is 5.11 Å². The van der Waals surface area contributed by atoms with Crippen molar-refractivity contribution in [1.82, 2.24) is 9.97 Å². The van der Waals surface area contributed by atoms with Crippen molar-refractivity contribution in [3.63, 3.8) is 0 Å². The quantitative estimate of drug-likeness (QED) is 0.757. The molecule has 0 bridgehead atoms. The number of nitrogens with two attached hydrogens (primary N) is 1. The molecule has 0 amide bonds. The van der Waals surface area contributed by atoms with Crippen LogP contribution in [0.1, 0.15) is 5.56 Å². The van der Waals surface area contributed by atoms with Crippen molar-refractivity contribution in [2.75, 3.05) is 17.7 Å². The minimum atomic E-state index is 0.161. The SMILES string of the molecule is CN(Cc1ccc(-c2nccnc2N)cc1)c1ccc(Cl)cc1O. The summed E-state index contributed by atoms with van der Waals surface area (Å²) in [6.45, 7) is 0.644. The van der Waals surface area contributed by atoms with Crippen LogP contribution >= 0.6 is 11.6 Å². The Hall–Kier alpha value is -2.79. The van der Waals surface area contributed by atoms with E-state index in [-0.39, 0.29) is 5.75 Å². The summed E-state index contributed by atoms with van der Waals surface area (Å²) in [5, 5.41) is 10.5. The molecular formula is C18H17ClN4O. The van der Waals surface area contributed by atoms with Gasteiger partial charge in [0.25, 0.3) is 0 Å². The highest BCUT2D eigenvalue weighted by Gasteiger charge is 2.09. The highest BCUT2D eigenvalue weighted by atomic mass is 35.5. The number of aromatic nitrogens is 2. The fraction of sp³-hybridized carbons (Fsp3) is 0.111. The first-order chi connectivity index (χ1) is 11.5. The van der Waals surface area contributed by atoms with E-state index in [1.165, 1.54) is 6.07 Å². The lowest BCUT2D eigenvalue weighted by atomic mass is 10.1. The van der Waals surface area contributed by atoms with Crippen LogP contribution in [0.2, 0.25) is 5.02 Å². The molecule has 0 aliphatic rings. The van der Waals surface area contributed by atoms with Gasteiger partial charge in [-0.25, -0.2) is 4.98 Å². The lowest BCUT2D eigenvalue weighted by Gasteiger charge is -2.20. The van der Waals surface area contributed by atoms with Crippen molar-refractivity contribution >= 4 is 23.1 Å². The molecule has 0 fully saturated rings. The number of phenolic OH excluding ortho intramolecular Hbond substituents is 1. The number of hydrogen-bond donors (Lipinski definition) is 2. The van der Waals surface area contributed by atoms with E-state index in [9.17, 15) is 5.11 Å². The first-order valence-corrected chi connectivity index (χ1v) is 7.78. The van der Waals surface area contributed by atoms with Gasteiger partial charge in [0.15, 0.2) is 0 Å². The van der Waals surface area contributed by atoms with Gasteiger partial charge in [0.05, 0.1) is 5.69 Å². The van der Waals surface area contributed by atoms with Gasteiger partial charge in [-0.3, -0.25) is 4.98 Å². The van der Waals surface area contributed by atoms with Crippen molar-refractivity contribution in [3.8, 4) is 17.0 Å². The van der Waals surface area contributed by atoms with Crippen LogP contribution in [-0.4, -0.2) is 22.1 Å². The van der Waals surface area contributed by atoms with E-state index < -0.39 is 0 Å². The Balaban J connectivity index is 1.78. The van der Waals surface area contributed by atoms with Crippen LogP contribution in [0.25, 0.3) is 11.3 Å². The molecule has 0 atom stereocenters. The van der Waals surface area contributed by atoms with Crippen LogP contribution in [0.3, 0.4) is 0 Å². The number of rotatable bonds is 4. The van der Waals surface area contributed by atoms with Crippen LogP contribution < -0.4 is 10.6 Å². The smallest absolute Gasteiger partial charge is 0.149 e. The molecule has 24 heavy (non-hydrogen) atoms. The zero-order valence-electron chi connectivity index (χ0n) is 13.1. The largest absolute Gasteiger partial charge is 0.506 e. The average molecular weight is 341 g/mol. The predicted molar refractivity (Wildman–Crippen MR) is 97.1 cm³/mol. The second-order valence-corrected chi connectivity index (χ2v) is 5.91. The van der Waals surface area contributed by atoms with Gasteiger partial charge in [-0.05, 0) is 17.7 Å². The number of hydrogen-bond acceptors (Lipinski definition) is 5. The summed E-state index contributed by atoms with van der Waals surface area (Å²) < 4.78 is 0. The highest BCUT2D eigenvalue weighted by molar-refractivity contribution is 6.30. The van der Waals surface area contributed by atoms with Crippen LogP contribution in [0.5, 0.6) is 5.75 Å². The molecule has 0 aliphatic heterocycles. The molecule has 0 spiro atoms. The molecule has 122 valence electrons. The second kappa shape index (κ2) is 6.76. The second-order valence-electron chi connectivity index (χ2n) is 5.48. The van der Waals surface area contributed by atoms with Crippen LogP contribution in [0.4, 0.5) is 11.5 Å². The summed E-state index contributed by atoms with van der Waals surface area (Å²) in [7, 11) is 1.91. The van der Waals surface area contributed by atoms with E-state index in [0.29, 0.717) is 23.1 Å². The molecular weight excluding hydrogens is 324 g/mol. The maximum absolute atomic E-state index is 10.0. The van der Waals surface area contributed by atoms with E-state index in [1.54, 1.807) is 24.5 Å². The molecule has 1 aromatic heterocycles. The first kappa shape index (κ1) is 16.1. The number of nitrogen functional groups attached to an aromatic ring is 1. The van der Waals surface area contributed by atoms with Gasteiger partial charge < -0.3 is 15.7 Å². The van der Waals surface area contributed by atoms with Crippen LogP contribution in [0, 0.1) is 0 Å². The van der Waals surface area contributed by atoms with Gasteiger partial charge in [0.2, 0.25) is 0 Å². The van der Waals surface area contributed by atoms with Crippen LogP contribution in [-0.2, 0) is 6.54 Å². The summed E-state index contributed by atoms with van der Waals surface area (Å²) in [5.41, 5.74) is 9.27. The first-order valence-electron chi connectivity index (χ1n) is 7.40. The molecule has 0 saturated heterocycles. The number of anilines is 2. The minimum absolute atomic E-state index is 0.161. The van der Waals surface area contributed by atoms with Crippen LogP contribution in [0.15, 0.2) is 54.9 Å². The van der Waals surface area contributed by atoms with Crippen molar-refractivity contribution in [2.24, 2.45) is 0 Å². The lowest BCUT2D eigenvalue weighted by Crippen LogP contribution is -2.16. The molecule has 5 nitrogen and oxygen atoms in total. The summed E-state index contributed by atoms with van der Waals surface area (Å²) in [5.74, 6) is 0.572. The molecule has 0 aliphatic carbocycles. The molecule has 3 N–H and O–H groups in total. The number of aromatic hydroxyl groups is 1. The molecule has 6 heteroatoms. The maximum Gasteiger partial charge on any atom is 0.149 e. The monoisotopic (exact) mass is 340 g/mol. The molecule has 3 rings (SSSR count). The molecule has 3 aromatic rings. The Morgan fingerprint density at radius 1 is 1.08 bits per heavy atom. The summed E-state index contributed by atoms with van der Waals surface area (Å²) in [6, 6.07) is 13.0. The van der Waals surface area contributed by atoms with Gasteiger partial charge in [-0.1, -0.05) is 35.9 Å². The van der Waals surface area contributed by atoms with Gasteiger partial charge in [-0.2, -0.15) is 0 Å². The summed E-state index contributed by atoms with van der Waals surface area (Å²) in [6.07, 6.45) is 3.19. The predicted octanol–water partition coefficient (Wildman–Crippen LogP) is 3.72. The zero-order chi connectivity index (χ0) is 17.1. The number of nitrogens with zero attached hydrogens (tertiary/aromatic N) is 3. The standard InChI is InChI=1S/C18H17ClN4O/c1-23(15-7-6-14(19)10-16(15)24)11-12-2-4-13(5-3-12)17-18(20)22-9-8-21-17/h2-10,24H,11H2,1H3,(H2,20,22). The maximum atomic E-state index is 10.0. The molecule has 1 heterocycles. The molecule has 2 aromatic carbocycles. The third kappa shape index (κ3) is 3.41. The number of phenols is 1. The molecule has 0 saturated carbocycles. The number of benzene rings is 2. The molecule has 0 radical (unpaired) electrons. The van der Waals surface area contributed by atoms with Crippen molar-refractivity contribution in [2.45, 2.75) is 6.54 Å². The highest BCUT2D eigenvalue weighted by Crippen LogP contribution is 2.30. The van der Waals surface area contributed by atoms with Gasteiger partial charge in [0.1, 0.15) is 17.3 Å². The lowest BCUT2D eigenvalue weighted by molar-refractivity contribution is 0.475. The Labute approximate surface area is 145 Å². The third-order valence-corrected chi connectivity index (χ3v) is 3.96. The van der Waals surface area contributed by atoms with E-state index in [0.717, 1.165) is 16.8 Å². The van der Waals surface area contributed by atoms with Gasteiger partial charge >= 0.3 is 0 Å². The van der Waals surface area contributed by atoms with E-state index in [1.807, 2.05) is 36.2 Å². The third-order valence-electron chi connectivity index (χ3n) is 3.72. The Morgan fingerprint density at radius 2 is 1.79 bits per heavy atom. The Kier molecular flexibility index (Phi) is 4.53. The Bertz CT molecular complexity index is 852. The van der Waals surface area contributed by atoms with Crippen molar-refractivity contribution in [3.05, 3.63) is 65.4 Å². The fourth-order valence-corrected chi connectivity index (χ4v) is 2.68. The summed E-state index contributed by atoms with van der Waals surface area (Å²) in [4.78, 5) is 10.3. The normalized spacial score (nSPS) is 10.6. The number of halogens is 1. The fourth-order valence-electron chi connectivity index (χ4n) is 2.52. The van der Waals surface area contributed by atoms with E-state index in [4.69, 9.17) is 17.3 Å². The van der Waals surface area contributed by atoms with Gasteiger partial charge in [0, 0.05) is 42.6 Å². The van der Waals surface area contributed by atoms with E-state index >= 15 is 0 Å². The summed E-state index contributed by atoms with van der Waals surface area (Å²) >= 11 is 5.87. The van der Waals surface area contributed by atoms with Gasteiger partial charge in [-0.15, -0.1) is 0 Å². The average Bonchev–Trinajstić information content (AvgIpc) is 2.56. The zero-order valence-corrected chi connectivity index (χ0v) is 13.9. The van der Waals surface area contributed by atoms with E-state index in [2.05, 4.69) is 9.97 Å². The molecule has 0 unspecified atom stereocenters. The topological polar surface area (TPSA) is 75.3 Å².